The Balaban J connectivity index is 0.000000203. The zero-order valence-electron chi connectivity index (χ0n) is 35.9. The maximum Gasteiger partial charge on any atom is 1.00 e. The third-order valence-corrected chi connectivity index (χ3v) is 14.6. The summed E-state index contributed by atoms with van der Waals surface area (Å²) in [6, 6.07) is 49.3. The predicted octanol–water partition coefficient (Wildman–Crippen LogP) is 8.28. The summed E-state index contributed by atoms with van der Waals surface area (Å²) >= 11 is 6.40. The molecule has 0 atom stereocenters. The molecule has 0 saturated heterocycles. The van der Waals surface area contributed by atoms with Gasteiger partial charge in [-0.25, -0.2) is 9.97 Å². The summed E-state index contributed by atoms with van der Waals surface area (Å²) in [5.41, 5.74) is 9.10. The first-order valence-corrected chi connectivity index (χ1v) is 23.2. The molecule has 0 unspecified atom stereocenters. The molecule has 0 saturated carbocycles. The van der Waals surface area contributed by atoms with E-state index in [1.807, 2.05) is 98.8 Å². The smallest absolute Gasteiger partial charge is 0.343 e. The summed E-state index contributed by atoms with van der Waals surface area (Å²) in [5.74, 6) is -0.00846. The maximum absolute atomic E-state index is 12.6. The molecular weight excluding hydrogens is 793 g/mol. The Kier molecular flexibility index (Phi) is 18.7. The van der Waals surface area contributed by atoms with Crippen LogP contribution in [0.3, 0.4) is 0 Å². The molecule has 0 aliphatic rings. The summed E-state index contributed by atoms with van der Waals surface area (Å²) in [5, 5.41) is 4.78. The van der Waals surface area contributed by atoms with Gasteiger partial charge in [-0.2, -0.15) is 6.42 Å². The van der Waals surface area contributed by atoms with Crippen molar-refractivity contribution in [2.24, 2.45) is 0 Å². The van der Waals surface area contributed by atoms with Crippen LogP contribution in [-0.4, -0.2) is 30.9 Å². The van der Waals surface area contributed by atoms with Gasteiger partial charge in [0.05, 0.1) is 29.3 Å². The molecule has 0 fully saturated rings. The van der Waals surface area contributed by atoms with E-state index in [2.05, 4.69) is 93.3 Å². The summed E-state index contributed by atoms with van der Waals surface area (Å²) in [6.07, 6.45) is 3.85. The second kappa shape index (κ2) is 23.4. The molecule has 0 spiro atoms. The fourth-order valence-corrected chi connectivity index (χ4v) is 10.3. The first-order chi connectivity index (χ1) is 28.4. The van der Waals surface area contributed by atoms with Crippen LogP contribution in [0.1, 0.15) is 65.5 Å². The number of carbonyl (C=O) groups is 2. The molecule has 0 bridgehead atoms. The van der Waals surface area contributed by atoms with Crippen LogP contribution in [0.15, 0.2) is 152 Å². The number of halogens is 1. The van der Waals surface area contributed by atoms with E-state index in [1.54, 1.807) is 22.4 Å². The molecule has 0 amide bonds. The van der Waals surface area contributed by atoms with E-state index >= 15 is 0 Å². The summed E-state index contributed by atoms with van der Waals surface area (Å²) < 4.78 is 3.37. The Bertz CT molecular complexity index is 2520. The average molecular weight is 845 g/mol. The van der Waals surface area contributed by atoms with E-state index in [1.165, 1.54) is 56.8 Å². The van der Waals surface area contributed by atoms with Crippen molar-refractivity contribution in [1.29, 1.82) is 0 Å². The first kappa shape index (κ1) is 48.0. The zero-order valence-corrected chi connectivity index (χ0v) is 38.5. The van der Waals surface area contributed by atoms with Gasteiger partial charge in [-0.3, -0.25) is 18.7 Å². The van der Waals surface area contributed by atoms with Crippen LogP contribution < -0.4 is 45.6 Å². The predicted molar refractivity (Wildman–Crippen MR) is 255 cm³/mol. The third kappa shape index (κ3) is 12.2. The molecule has 8 aromatic rings. The van der Waals surface area contributed by atoms with Gasteiger partial charge in [0, 0.05) is 21.8 Å². The minimum atomic E-state index is -0.934. The van der Waals surface area contributed by atoms with Crippen LogP contribution >= 0.6 is 26.4 Å². The molecule has 60 heavy (non-hydrogen) atoms. The quantitative estimate of drug-likeness (QED) is 0.0961. The number of unbranched alkanes of at least 4 members (excludes halogenated alkanes) is 1. The Labute approximate surface area is 374 Å². The Morgan fingerprint density at radius 1 is 0.600 bits per heavy atom. The van der Waals surface area contributed by atoms with Crippen molar-refractivity contribution in [3.8, 4) is 0 Å². The maximum atomic E-state index is 12.6. The number of rotatable bonds is 6. The fraction of sp³-hybridized carbons (Fsp3) is 0.180. The number of carbonyl (C=O) groups excluding carboxylic acids is 2. The number of benzene rings is 6. The molecule has 302 valence electrons. The van der Waals surface area contributed by atoms with Gasteiger partial charge in [-0.05, 0) is 95.4 Å². The molecular formula is C50H52ClLiN4O2P2. The van der Waals surface area contributed by atoms with Gasteiger partial charge in [0.1, 0.15) is 11.9 Å². The second-order valence-corrected chi connectivity index (χ2v) is 18.8. The van der Waals surface area contributed by atoms with Gasteiger partial charge in [0.2, 0.25) is 11.8 Å². The summed E-state index contributed by atoms with van der Waals surface area (Å²) in [4.78, 5) is 33.0. The second-order valence-electron chi connectivity index (χ2n) is 14.1. The molecule has 6 aromatic carbocycles. The van der Waals surface area contributed by atoms with Gasteiger partial charge < -0.3 is 6.92 Å². The minimum absolute atomic E-state index is 0. The molecule has 0 N–H and O–H groups in total. The van der Waals surface area contributed by atoms with Crippen molar-refractivity contribution in [3.05, 3.63) is 181 Å². The first-order valence-electron chi connectivity index (χ1n) is 19.7. The van der Waals surface area contributed by atoms with Crippen LogP contribution in [0.4, 0.5) is 0 Å². The van der Waals surface area contributed by atoms with Crippen molar-refractivity contribution in [2.45, 2.75) is 61.3 Å². The minimum Gasteiger partial charge on any atom is -0.343 e. The van der Waals surface area contributed by atoms with Gasteiger partial charge in [0.15, 0.2) is 0 Å². The number of imidazole rings is 2. The van der Waals surface area contributed by atoms with Crippen molar-refractivity contribution in [3.63, 3.8) is 0 Å². The van der Waals surface area contributed by atoms with Crippen LogP contribution in [0.25, 0.3) is 22.1 Å². The Morgan fingerprint density at radius 2 is 0.983 bits per heavy atom. The molecule has 2 aromatic heterocycles. The zero-order chi connectivity index (χ0) is 42.5. The van der Waals surface area contributed by atoms with Crippen molar-refractivity contribution < 1.29 is 28.4 Å². The van der Waals surface area contributed by atoms with Gasteiger partial charge in [-0.15, -0.1) is 0 Å². The van der Waals surface area contributed by atoms with E-state index in [4.69, 9.17) is 16.2 Å². The van der Waals surface area contributed by atoms with Crippen molar-refractivity contribution in [1.82, 2.24) is 19.1 Å². The van der Waals surface area contributed by atoms with E-state index < -0.39 is 15.2 Å². The number of fused-ring (bicyclic) bond motifs is 2. The van der Waals surface area contributed by atoms with Gasteiger partial charge >= 0.3 is 18.9 Å². The molecule has 8 rings (SSSR count). The number of hydrogen-bond donors (Lipinski definition) is 0. The molecule has 10 heteroatoms. The number of aromatic nitrogens is 4. The standard InChI is InChI=1S/C23H21N2OP.C12H10ClP.C11H12N2O.C4H9.Li/c1-16-14-21-22(15-17(16)2)25(18(3)26)23(24-21)27(19-10-6-4-7-11-19)20-12-8-5-9-13-20;13-14(11-7-3-1-4-8-11)12-9-5-2-6-10-12;1-7-4-10-11(5-8(7)2)13(6-12-10)9(3)14;1-3-4-2;/h4-15H,1-3H3;1-10H;4-6H,1-3H3;1,3-4H2,2H3;/q;;;-1;+1. The van der Waals surface area contributed by atoms with E-state index in [0.29, 0.717) is 0 Å². The Hall–Kier alpha value is -4.65. The SMILES string of the molecule is CC(=O)n1c(P(c2ccccc2)c2ccccc2)nc2cc(C)c(C)cc21.CC(=O)n1cnc2cc(C)c(C)cc21.ClP(c1ccccc1)c1ccccc1.[CH2-]CCC.[Li+]. The van der Waals surface area contributed by atoms with Gasteiger partial charge in [0.25, 0.3) is 0 Å². The van der Waals surface area contributed by atoms with E-state index in [9.17, 15) is 9.59 Å². The van der Waals surface area contributed by atoms with Crippen LogP contribution in [0.2, 0.25) is 0 Å². The third-order valence-electron chi connectivity index (χ3n) is 9.62. The normalized spacial score (nSPS) is 10.5. The molecule has 0 radical (unpaired) electrons. The summed E-state index contributed by atoms with van der Waals surface area (Å²) in [7, 11) is -1.63. The molecule has 0 aliphatic heterocycles. The number of aryl methyl sites for hydroxylation is 4. The topological polar surface area (TPSA) is 69.8 Å². The largest absolute Gasteiger partial charge is 1.00 e. The molecule has 6 nitrogen and oxygen atoms in total. The molecule has 2 heterocycles. The number of nitrogens with zero attached hydrogens (tertiary/aromatic N) is 4. The van der Waals surface area contributed by atoms with Crippen LogP contribution in [0.5, 0.6) is 0 Å². The average Bonchev–Trinajstić information content (AvgIpc) is 3.83. The van der Waals surface area contributed by atoms with Gasteiger partial charge in [-0.1, -0.05) is 146 Å². The van der Waals surface area contributed by atoms with Crippen LogP contribution in [0, 0.1) is 34.6 Å². The summed E-state index contributed by atoms with van der Waals surface area (Å²) in [6.45, 7) is 17.1. The number of hydrogen-bond acceptors (Lipinski definition) is 4. The fourth-order valence-electron chi connectivity index (χ4n) is 6.10. The van der Waals surface area contributed by atoms with Crippen molar-refractivity contribution >= 4 is 87.1 Å². The Morgan fingerprint density at radius 3 is 1.38 bits per heavy atom. The molecule has 0 aliphatic carbocycles. The van der Waals surface area contributed by atoms with E-state index in [-0.39, 0.29) is 30.7 Å². The van der Waals surface area contributed by atoms with Crippen molar-refractivity contribution in [2.75, 3.05) is 0 Å². The van der Waals surface area contributed by atoms with E-state index in [0.717, 1.165) is 34.1 Å². The monoisotopic (exact) mass is 844 g/mol. The van der Waals surface area contributed by atoms with Crippen LogP contribution in [-0.2, 0) is 0 Å².